The molecule has 1 aliphatic heterocycles. The van der Waals surface area contributed by atoms with E-state index in [0.717, 1.165) is 16.9 Å². The van der Waals surface area contributed by atoms with E-state index in [0.29, 0.717) is 45.6 Å². The highest BCUT2D eigenvalue weighted by Gasteiger charge is 2.26. The first-order valence-electron chi connectivity index (χ1n) is 8.44. The Kier molecular flexibility index (Phi) is 7.38. The number of alkyl halides is 2. The summed E-state index contributed by atoms with van der Waals surface area (Å²) in [5, 5.41) is 0. The van der Waals surface area contributed by atoms with Crippen LogP contribution in [0.1, 0.15) is 24.0 Å². The van der Waals surface area contributed by atoms with Gasteiger partial charge in [-0.15, -0.1) is 0 Å². The predicted molar refractivity (Wildman–Crippen MR) is 99.3 cm³/mol. The Labute approximate surface area is 158 Å². The molecule has 0 radical (unpaired) electrons. The minimum absolute atomic E-state index is 0.0884. The molecule has 1 aliphatic rings. The molecule has 1 heterocycles. The molecule has 2 amide bonds. The van der Waals surface area contributed by atoms with Crippen LogP contribution in [0.3, 0.4) is 0 Å². The maximum atomic E-state index is 12.3. The van der Waals surface area contributed by atoms with Crippen molar-refractivity contribution in [2.75, 3.05) is 32.8 Å². The fraction of sp³-hybridized carbons (Fsp3) is 0.556. The number of carbonyl (C=O) groups excluding carboxylic acids is 2. The normalized spacial score (nSPS) is 14.8. The molecule has 0 atom stereocenters. The Hall–Kier alpha value is -1.46. The van der Waals surface area contributed by atoms with E-state index in [-0.39, 0.29) is 11.8 Å². The first kappa shape index (κ1) is 19.9. The van der Waals surface area contributed by atoms with E-state index in [1.54, 1.807) is 9.80 Å². The van der Waals surface area contributed by atoms with Crippen molar-refractivity contribution in [2.45, 2.75) is 31.5 Å². The van der Waals surface area contributed by atoms with Crippen LogP contribution >= 0.6 is 23.2 Å². The predicted octanol–water partition coefficient (Wildman–Crippen LogP) is 2.94. The summed E-state index contributed by atoms with van der Waals surface area (Å²) in [4.78, 5) is 26.3. The third-order valence-electron chi connectivity index (χ3n) is 4.32. The van der Waals surface area contributed by atoms with E-state index < -0.39 is 4.84 Å². The number of benzene rings is 1. The number of piperazine rings is 1. The van der Waals surface area contributed by atoms with E-state index in [1.165, 1.54) is 0 Å². The summed E-state index contributed by atoms with van der Waals surface area (Å²) < 4.78 is 5.83. The molecule has 0 aromatic heterocycles. The summed E-state index contributed by atoms with van der Waals surface area (Å²) in [5.74, 6) is 0.696. The number of carbonyl (C=O) groups is 2. The fourth-order valence-electron chi connectivity index (χ4n) is 2.90. The highest BCUT2D eigenvalue weighted by Crippen LogP contribution is 2.22. The van der Waals surface area contributed by atoms with E-state index in [1.807, 2.05) is 32.0 Å². The molecule has 0 unspecified atom stereocenters. The van der Waals surface area contributed by atoms with Gasteiger partial charge in [-0.05, 0) is 31.4 Å². The monoisotopic (exact) mass is 386 g/mol. The number of rotatable bonds is 6. The molecule has 1 aromatic rings. The van der Waals surface area contributed by atoms with Crippen LogP contribution in [0.4, 0.5) is 0 Å². The maximum absolute atomic E-state index is 12.3. The Morgan fingerprint density at radius 3 is 2.20 bits per heavy atom. The average Bonchev–Trinajstić information content (AvgIpc) is 2.60. The number of amides is 2. The molecule has 25 heavy (non-hydrogen) atoms. The first-order valence-corrected chi connectivity index (χ1v) is 9.31. The summed E-state index contributed by atoms with van der Waals surface area (Å²) in [5.41, 5.74) is 2.20. The standard InChI is InChI=1S/C18H24Cl2N2O3/c1-13-5-3-6-14(2)16(13)25-12-4-7-15(23)21-8-10-22(11-9-21)18(24)17(19)20/h3,5-6,17H,4,7-12H2,1-2H3. The largest absolute Gasteiger partial charge is 0.493 e. The van der Waals surface area contributed by atoms with Crippen molar-refractivity contribution in [3.63, 3.8) is 0 Å². The van der Waals surface area contributed by atoms with E-state index in [2.05, 4.69) is 0 Å². The second-order valence-electron chi connectivity index (χ2n) is 6.18. The average molecular weight is 387 g/mol. The molecule has 1 saturated heterocycles. The summed E-state index contributed by atoms with van der Waals surface area (Å²) in [6.07, 6.45) is 1.10. The Balaban J connectivity index is 1.70. The fourth-order valence-corrected chi connectivity index (χ4v) is 3.17. The SMILES string of the molecule is Cc1cccc(C)c1OCCCC(=O)N1CCN(C(=O)C(Cl)Cl)CC1. The van der Waals surface area contributed by atoms with E-state index >= 15 is 0 Å². The van der Waals surface area contributed by atoms with Crippen molar-refractivity contribution >= 4 is 35.0 Å². The lowest BCUT2D eigenvalue weighted by Gasteiger charge is -2.35. The maximum Gasteiger partial charge on any atom is 0.255 e. The minimum atomic E-state index is -1.04. The van der Waals surface area contributed by atoms with Gasteiger partial charge in [0.25, 0.3) is 5.91 Å². The lowest BCUT2D eigenvalue weighted by molar-refractivity contribution is -0.138. The number of hydrogen-bond donors (Lipinski definition) is 0. The third-order valence-corrected chi connectivity index (χ3v) is 4.69. The number of halogens is 2. The number of aryl methyl sites for hydroxylation is 2. The van der Waals surface area contributed by atoms with Gasteiger partial charge in [0.15, 0.2) is 4.84 Å². The molecule has 2 rings (SSSR count). The summed E-state index contributed by atoms with van der Waals surface area (Å²) in [6.45, 7) is 6.52. The van der Waals surface area contributed by atoms with Gasteiger partial charge in [0.2, 0.25) is 5.91 Å². The molecule has 1 aromatic carbocycles. The van der Waals surface area contributed by atoms with Crippen LogP contribution in [0.15, 0.2) is 18.2 Å². The number of hydrogen-bond acceptors (Lipinski definition) is 3. The van der Waals surface area contributed by atoms with E-state index in [9.17, 15) is 9.59 Å². The second kappa shape index (κ2) is 9.30. The quantitative estimate of drug-likeness (QED) is 0.557. The smallest absolute Gasteiger partial charge is 0.255 e. The van der Waals surface area contributed by atoms with Gasteiger partial charge >= 0.3 is 0 Å². The minimum Gasteiger partial charge on any atom is -0.493 e. The van der Waals surface area contributed by atoms with Crippen LogP contribution in [0.5, 0.6) is 5.75 Å². The Morgan fingerprint density at radius 2 is 1.64 bits per heavy atom. The van der Waals surface area contributed by atoms with Crippen molar-refractivity contribution < 1.29 is 14.3 Å². The molecular formula is C18H24Cl2N2O3. The zero-order valence-corrected chi connectivity index (χ0v) is 16.1. The van der Waals surface area contributed by atoms with Crippen molar-refractivity contribution in [3.05, 3.63) is 29.3 Å². The molecule has 0 saturated carbocycles. The van der Waals surface area contributed by atoms with Gasteiger partial charge in [-0.1, -0.05) is 41.4 Å². The first-order chi connectivity index (χ1) is 11.9. The summed E-state index contributed by atoms with van der Waals surface area (Å²) in [6, 6.07) is 6.03. The topological polar surface area (TPSA) is 49.9 Å². The van der Waals surface area contributed by atoms with Crippen LogP contribution in [0.25, 0.3) is 0 Å². The molecular weight excluding hydrogens is 363 g/mol. The molecule has 1 fully saturated rings. The lowest BCUT2D eigenvalue weighted by Crippen LogP contribution is -2.51. The van der Waals surface area contributed by atoms with E-state index in [4.69, 9.17) is 27.9 Å². The van der Waals surface area contributed by atoms with Crippen molar-refractivity contribution in [1.82, 2.24) is 9.80 Å². The molecule has 0 spiro atoms. The zero-order chi connectivity index (χ0) is 18.4. The van der Waals surface area contributed by atoms with Gasteiger partial charge in [-0.3, -0.25) is 9.59 Å². The van der Waals surface area contributed by atoms with Crippen LogP contribution in [0.2, 0.25) is 0 Å². The highest BCUT2D eigenvalue weighted by atomic mass is 35.5. The summed E-state index contributed by atoms with van der Waals surface area (Å²) in [7, 11) is 0. The van der Waals surface area contributed by atoms with Gasteiger partial charge in [-0.25, -0.2) is 0 Å². The van der Waals surface area contributed by atoms with Crippen LogP contribution in [0, 0.1) is 13.8 Å². The Bertz CT molecular complexity index is 594. The summed E-state index contributed by atoms with van der Waals surface area (Å²) >= 11 is 11.2. The third kappa shape index (κ3) is 5.51. The molecule has 5 nitrogen and oxygen atoms in total. The molecule has 138 valence electrons. The number of para-hydroxylation sites is 1. The lowest BCUT2D eigenvalue weighted by atomic mass is 10.1. The molecule has 0 aliphatic carbocycles. The van der Waals surface area contributed by atoms with Gasteiger partial charge in [-0.2, -0.15) is 0 Å². The van der Waals surface area contributed by atoms with Gasteiger partial charge in [0, 0.05) is 32.6 Å². The Morgan fingerprint density at radius 1 is 1.08 bits per heavy atom. The van der Waals surface area contributed by atoms with Crippen LogP contribution in [-0.4, -0.2) is 59.2 Å². The van der Waals surface area contributed by atoms with Crippen LogP contribution < -0.4 is 4.74 Å². The van der Waals surface area contributed by atoms with Crippen molar-refractivity contribution in [3.8, 4) is 5.75 Å². The zero-order valence-electron chi connectivity index (χ0n) is 14.6. The highest BCUT2D eigenvalue weighted by molar-refractivity contribution is 6.53. The molecule has 0 N–H and O–H groups in total. The van der Waals surface area contributed by atoms with Gasteiger partial charge < -0.3 is 14.5 Å². The van der Waals surface area contributed by atoms with Crippen molar-refractivity contribution in [2.24, 2.45) is 0 Å². The van der Waals surface area contributed by atoms with Crippen molar-refractivity contribution in [1.29, 1.82) is 0 Å². The van der Waals surface area contributed by atoms with Gasteiger partial charge in [0.1, 0.15) is 5.75 Å². The number of ether oxygens (including phenoxy) is 1. The van der Waals surface area contributed by atoms with Gasteiger partial charge in [0.05, 0.1) is 6.61 Å². The molecule has 7 heteroatoms. The number of nitrogens with zero attached hydrogens (tertiary/aromatic N) is 2. The second-order valence-corrected chi connectivity index (χ2v) is 7.28. The van der Waals surface area contributed by atoms with Crippen LogP contribution in [-0.2, 0) is 9.59 Å². The molecule has 0 bridgehead atoms.